The molecule has 112 valence electrons. The van der Waals surface area contributed by atoms with Crippen LogP contribution in [0.2, 0.25) is 0 Å². The maximum atomic E-state index is 12.0. The summed E-state index contributed by atoms with van der Waals surface area (Å²) in [5.41, 5.74) is -0.512. The molecule has 1 aromatic heterocycles. The smallest absolute Gasteiger partial charge is 0.355 e. The molecular weight excluding hydrogens is 258 g/mol. The molecule has 0 amide bonds. The monoisotopic (exact) mass is 281 g/mol. The highest BCUT2D eigenvalue weighted by Crippen LogP contribution is 2.17. The van der Waals surface area contributed by atoms with Crippen molar-refractivity contribution in [2.75, 3.05) is 0 Å². The number of hydrogen-bond donors (Lipinski definition) is 0. The predicted molar refractivity (Wildman–Crippen MR) is 75.8 cm³/mol. The maximum Gasteiger partial charge on any atom is 0.355 e. The van der Waals surface area contributed by atoms with Crippen LogP contribution in [-0.4, -0.2) is 27.7 Å². The van der Waals surface area contributed by atoms with Gasteiger partial charge in [0.05, 0.1) is 0 Å². The van der Waals surface area contributed by atoms with E-state index in [2.05, 4.69) is 0 Å². The maximum absolute atomic E-state index is 12.0. The number of carbonyl (C=O) groups excluding carboxylic acids is 2. The molecule has 0 saturated carbocycles. The Morgan fingerprint density at radius 2 is 1.15 bits per heavy atom. The molecule has 0 aliphatic heterocycles. The van der Waals surface area contributed by atoms with Gasteiger partial charge in [0.25, 0.3) is 0 Å². The lowest BCUT2D eigenvalue weighted by atomic mass is 10.2. The summed E-state index contributed by atoms with van der Waals surface area (Å²) in [6.07, 6.45) is 0. The largest absolute Gasteiger partial charge is 0.455 e. The first-order valence-corrected chi connectivity index (χ1v) is 6.53. The molecule has 0 unspecified atom stereocenters. The zero-order valence-electron chi connectivity index (χ0n) is 13.2. The highest BCUT2D eigenvalue weighted by Gasteiger charge is 2.25. The van der Waals surface area contributed by atoms with Gasteiger partial charge in [-0.05, 0) is 53.7 Å². The summed E-state index contributed by atoms with van der Waals surface area (Å²) < 4.78 is 12.1. The van der Waals surface area contributed by atoms with Gasteiger partial charge in [-0.25, -0.2) is 9.59 Å². The van der Waals surface area contributed by atoms with E-state index in [9.17, 15) is 9.59 Å². The molecule has 0 radical (unpaired) electrons. The van der Waals surface area contributed by atoms with Crippen molar-refractivity contribution in [2.24, 2.45) is 7.05 Å². The third-order valence-corrected chi connectivity index (χ3v) is 2.34. The summed E-state index contributed by atoms with van der Waals surface area (Å²) in [5, 5.41) is 0. The van der Waals surface area contributed by atoms with Gasteiger partial charge in [0.1, 0.15) is 22.6 Å². The molecule has 1 rings (SSSR count). The minimum Gasteiger partial charge on any atom is -0.455 e. The second-order valence-electron chi connectivity index (χ2n) is 6.67. The minimum absolute atomic E-state index is 0.320. The van der Waals surface area contributed by atoms with Gasteiger partial charge in [-0.2, -0.15) is 0 Å². The minimum atomic E-state index is -0.576. The number of aromatic nitrogens is 1. The van der Waals surface area contributed by atoms with Crippen LogP contribution in [-0.2, 0) is 16.5 Å². The van der Waals surface area contributed by atoms with Crippen molar-refractivity contribution in [1.29, 1.82) is 0 Å². The second kappa shape index (κ2) is 5.31. The third-order valence-electron chi connectivity index (χ3n) is 2.34. The molecule has 0 aliphatic rings. The quantitative estimate of drug-likeness (QED) is 0.782. The lowest BCUT2D eigenvalue weighted by Crippen LogP contribution is -2.27. The summed E-state index contributed by atoms with van der Waals surface area (Å²) >= 11 is 0. The van der Waals surface area contributed by atoms with E-state index in [4.69, 9.17) is 9.47 Å². The van der Waals surface area contributed by atoms with Crippen molar-refractivity contribution in [1.82, 2.24) is 4.57 Å². The molecule has 20 heavy (non-hydrogen) atoms. The van der Waals surface area contributed by atoms with E-state index in [1.54, 1.807) is 60.7 Å². The van der Waals surface area contributed by atoms with E-state index in [1.807, 2.05) is 0 Å². The fraction of sp³-hybridized carbons (Fsp3) is 0.600. The van der Waals surface area contributed by atoms with E-state index >= 15 is 0 Å². The first-order valence-electron chi connectivity index (χ1n) is 6.53. The van der Waals surface area contributed by atoms with Gasteiger partial charge < -0.3 is 14.0 Å². The van der Waals surface area contributed by atoms with Gasteiger partial charge in [0.2, 0.25) is 0 Å². The average molecular weight is 281 g/mol. The van der Waals surface area contributed by atoms with Crippen molar-refractivity contribution in [3.8, 4) is 0 Å². The van der Waals surface area contributed by atoms with Gasteiger partial charge in [-0.1, -0.05) is 0 Å². The summed E-state index contributed by atoms with van der Waals surface area (Å²) in [4.78, 5) is 24.0. The molecule has 0 spiro atoms. The molecule has 1 heterocycles. The second-order valence-corrected chi connectivity index (χ2v) is 6.67. The molecule has 0 bridgehead atoms. The van der Waals surface area contributed by atoms with Gasteiger partial charge in [-0.15, -0.1) is 0 Å². The lowest BCUT2D eigenvalue weighted by Gasteiger charge is -2.21. The summed E-state index contributed by atoms with van der Waals surface area (Å²) in [6.45, 7) is 10.8. The van der Waals surface area contributed by atoms with Crippen LogP contribution in [0.1, 0.15) is 62.5 Å². The van der Waals surface area contributed by atoms with Crippen LogP contribution in [0.5, 0.6) is 0 Å². The SMILES string of the molecule is Cn1c(C(=O)OC(C)(C)C)ccc1C(=O)OC(C)(C)C. The number of hydrogen-bond acceptors (Lipinski definition) is 4. The normalized spacial score (nSPS) is 12.2. The van der Waals surface area contributed by atoms with Crippen molar-refractivity contribution in [2.45, 2.75) is 52.7 Å². The predicted octanol–water partition coefficient (Wildman–Crippen LogP) is 2.94. The Morgan fingerprint density at radius 3 is 1.40 bits per heavy atom. The Labute approximate surface area is 119 Å². The summed E-state index contributed by atoms with van der Waals surface area (Å²) in [6, 6.07) is 3.13. The molecule has 0 aromatic carbocycles. The van der Waals surface area contributed by atoms with Gasteiger partial charge in [0, 0.05) is 7.05 Å². The number of ether oxygens (including phenoxy) is 2. The Balaban J connectivity index is 2.95. The van der Waals surface area contributed by atoms with Crippen LogP contribution in [0.3, 0.4) is 0 Å². The van der Waals surface area contributed by atoms with Crippen LogP contribution in [0, 0.1) is 0 Å². The van der Waals surface area contributed by atoms with E-state index in [-0.39, 0.29) is 0 Å². The topological polar surface area (TPSA) is 57.5 Å². The standard InChI is InChI=1S/C15H23NO4/c1-14(2,3)19-12(17)10-8-9-11(16(10)7)13(18)20-15(4,5)6/h8-9H,1-7H3. The summed E-state index contributed by atoms with van der Waals surface area (Å²) in [5.74, 6) is -0.926. The van der Waals surface area contributed by atoms with E-state index < -0.39 is 23.1 Å². The first kappa shape index (κ1) is 16.3. The number of rotatable bonds is 2. The Hall–Kier alpha value is -1.78. The van der Waals surface area contributed by atoms with Gasteiger partial charge in [-0.3, -0.25) is 0 Å². The van der Waals surface area contributed by atoms with Crippen molar-refractivity contribution in [3.63, 3.8) is 0 Å². The van der Waals surface area contributed by atoms with E-state index in [0.29, 0.717) is 11.4 Å². The van der Waals surface area contributed by atoms with E-state index in [1.165, 1.54) is 4.57 Å². The molecular formula is C15H23NO4. The highest BCUT2D eigenvalue weighted by atomic mass is 16.6. The molecule has 5 nitrogen and oxygen atoms in total. The van der Waals surface area contributed by atoms with Crippen molar-refractivity contribution < 1.29 is 19.1 Å². The molecule has 0 aliphatic carbocycles. The number of esters is 2. The van der Waals surface area contributed by atoms with Crippen LogP contribution < -0.4 is 0 Å². The zero-order valence-corrected chi connectivity index (χ0v) is 13.2. The Morgan fingerprint density at radius 1 is 0.850 bits per heavy atom. The van der Waals surface area contributed by atoms with Crippen molar-refractivity contribution >= 4 is 11.9 Å². The van der Waals surface area contributed by atoms with Crippen LogP contribution in [0.4, 0.5) is 0 Å². The zero-order chi connectivity index (χ0) is 15.7. The van der Waals surface area contributed by atoms with Crippen LogP contribution >= 0.6 is 0 Å². The fourth-order valence-electron chi connectivity index (χ4n) is 1.58. The Kier molecular flexibility index (Phi) is 4.32. The summed E-state index contributed by atoms with van der Waals surface area (Å²) in [7, 11) is 1.64. The molecule has 5 heteroatoms. The van der Waals surface area contributed by atoms with E-state index in [0.717, 1.165) is 0 Å². The average Bonchev–Trinajstić information content (AvgIpc) is 2.54. The van der Waals surface area contributed by atoms with Gasteiger partial charge >= 0.3 is 11.9 Å². The van der Waals surface area contributed by atoms with Crippen molar-refractivity contribution in [3.05, 3.63) is 23.5 Å². The number of nitrogens with zero attached hydrogens (tertiary/aromatic N) is 1. The lowest BCUT2D eigenvalue weighted by molar-refractivity contribution is 0.00532. The first-order chi connectivity index (χ1) is 8.91. The fourth-order valence-corrected chi connectivity index (χ4v) is 1.58. The van der Waals surface area contributed by atoms with Gasteiger partial charge in [0.15, 0.2) is 0 Å². The highest BCUT2D eigenvalue weighted by molar-refractivity contribution is 5.93. The molecule has 0 atom stereocenters. The molecule has 0 N–H and O–H groups in total. The third kappa shape index (κ3) is 4.40. The molecule has 0 fully saturated rings. The molecule has 0 saturated heterocycles. The molecule has 1 aromatic rings. The van der Waals surface area contributed by atoms with Crippen LogP contribution in [0.15, 0.2) is 12.1 Å². The Bertz CT molecular complexity index is 469. The number of carbonyl (C=O) groups is 2. The van der Waals surface area contributed by atoms with Crippen LogP contribution in [0.25, 0.3) is 0 Å².